The van der Waals surface area contributed by atoms with Crippen LogP contribution in [0.2, 0.25) is 0 Å². The van der Waals surface area contributed by atoms with E-state index in [0.29, 0.717) is 19.0 Å². The number of nitrogens with zero attached hydrogens (tertiary/aromatic N) is 2. The van der Waals surface area contributed by atoms with Gasteiger partial charge in [-0.2, -0.15) is 0 Å². The molecule has 0 saturated carbocycles. The van der Waals surface area contributed by atoms with E-state index in [1.807, 2.05) is 12.1 Å². The molecule has 25 heavy (non-hydrogen) atoms. The molecular formula is C20H27N3O2. The molecular weight excluding hydrogens is 314 g/mol. The van der Waals surface area contributed by atoms with Crippen molar-refractivity contribution in [1.82, 2.24) is 14.8 Å². The number of rotatable bonds is 6. The molecule has 0 fully saturated rings. The number of carbonyl (C=O) groups is 1. The summed E-state index contributed by atoms with van der Waals surface area (Å²) in [6.45, 7) is 7.08. The standard InChI is InChI=1S/C20H27N3O2/c1-15(2)13-21-19(24)14-23-11-10-22-9-5-8-18(22)20(23)16-6-4-7-17(12-16)25-3/h4-9,12,15,20H,10-11,13-14H2,1-3H3,(H,21,24)/t20-/m0/s1. The third-order valence-corrected chi connectivity index (χ3v) is 4.60. The van der Waals surface area contributed by atoms with Crippen LogP contribution in [-0.2, 0) is 11.3 Å². The number of hydrogen-bond donors (Lipinski definition) is 1. The quantitative estimate of drug-likeness (QED) is 0.879. The van der Waals surface area contributed by atoms with Gasteiger partial charge in [0.15, 0.2) is 0 Å². The van der Waals surface area contributed by atoms with Crippen molar-refractivity contribution in [2.75, 3.05) is 26.7 Å². The van der Waals surface area contributed by atoms with Gasteiger partial charge in [0.25, 0.3) is 0 Å². The van der Waals surface area contributed by atoms with Gasteiger partial charge in [-0.25, -0.2) is 0 Å². The smallest absolute Gasteiger partial charge is 0.234 e. The Morgan fingerprint density at radius 3 is 2.88 bits per heavy atom. The van der Waals surface area contributed by atoms with Gasteiger partial charge >= 0.3 is 0 Å². The lowest BCUT2D eigenvalue weighted by Gasteiger charge is -2.37. The van der Waals surface area contributed by atoms with E-state index in [1.54, 1.807) is 7.11 Å². The molecule has 1 aliphatic heterocycles. The van der Waals surface area contributed by atoms with E-state index in [4.69, 9.17) is 4.74 Å². The van der Waals surface area contributed by atoms with Crippen molar-refractivity contribution in [3.05, 3.63) is 53.9 Å². The van der Waals surface area contributed by atoms with Crippen molar-refractivity contribution in [3.8, 4) is 5.75 Å². The Kier molecular flexibility index (Phi) is 5.43. The van der Waals surface area contributed by atoms with Gasteiger partial charge in [-0.3, -0.25) is 9.69 Å². The zero-order chi connectivity index (χ0) is 17.8. The zero-order valence-electron chi connectivity index (χ0n) is 15.2. The SMILES string of the molecule is COc1cccc([C@H]2c3cccn3CCN2CC(=O)NCC(C)C)c1. The summed E-state index contributed by atoms with van der Waals surface area (Å²) in [5.74, 6) is 1.38. The minimum Gasteiger partial charge on any atom is -0.497 e. The molecule has 2 aromatic rings. The molecule has 0 aliphatic carbocycles. The number of aromatic nitrogens is 1. The first kappa shape index (κ1) is 17.5. The van der Waals surface area contributed by atoms with Gasteiger partial charge in [0, 0.05) is 31.5 Å². The van der Waals surface area contributed by atoms with Crippen LogP contribution in [0, 0.1) is 5.92 Å². The summed E-state index contributed by atoms with van der Waals surface area (Å²) in [5, 5.41) is 3.03. The maximum atomic E-state index is 12.4. The van der Waals surface area contributed by atoms with Crippen LogP contribution in [0.4, 0.5) is 0 Å². The molecule has 0 radical (unpaired) electrons. The highest BCUT2D eigenvalue weighted by atomic mass is 16.5. The molecule has 2 heterocycles. The molecule has 3 rings (SSSR count). The van der Waals surface area contributed by atoms with Gasteiger partial charge in [-0.05, 0) is 35.7 Å². The van der Waals surface area contributed by atoms with Crippen LogP contribution >= 0.6 is 0 Å². The highest BCUT2D eigenvalue weighted by molar-refractivity contribution is 5.78. The Morgan fingerprint density at radius 1 is 1.28 bits per heavy atom. The maximum Gasteiger partial charge on any atom is 0.234 e. The second-order valence-electron chi connectivity index (χ2n) is 6.97. The molecule has 1 amide bonds. The Bertz CT molecular complexity index is 723. The van der Waals surface area contributed by atoms with Gasteiger partial charge in [0.1, 0.15) is 5.75 Å². The first-order chi connectivity index (χ1) is 12.1. The monoisotopic (exact) mass is 341 g/mol. The number of fused-ring (bicyclic) bond motifs is 1. The normalized spacial score (nSPS) is 17.4. The fourth-order valence-electron chi connectivity index (χ4n) is 3.35. The van der Waals surface area contributed by atoms with E-state index < -0.39 is 0 Å². The Hall–Kier alpha value is -2.27. The zero-order valence-corrected chi connectivity index (χ0v) is 15.2. The summed E-state index contributed by atoms with van der Waals surface area (Å²) < 4.78 is 7.66. The van der Waals surface area contributed by atoms with E-state index in [9.17, 15) is 4.79 Å². The van der Waals surface area contributed by atoms with Crippen LogP contribution in [0.3, 0.4) is 0 Å². The van der Waals surface area contributed by atoms with Crippen LogP contribution in [0.1, 0.15) is 31.1 Å². The van der Waals surface area contributed by atoms with E-state index in [-0.39, 0.29) is 11.9 Å². The first-order valence-electron chi connectivity index (χ1n) is 8.88. The molecule has 0 bridgehead atoms. The van der Waals surface area contributed by atoms with E-state index in [2.05, 4.69) is 59.1 Å². The molecule has 0 unspecified atom stereocenters. The molecule has 0 saturated heterocycles. The van der Waals surface area contributed by atoms with Gasteiger partial charge < -0.3 is 14.6 Å². The summed E-state index contributed by atoms with van der Waals surface area (Å²) in [5.41, 5.74) is 2.37. The second kappa shape index (κ2) is 7.74. The molecule has 5 nitrogen and oxygen atoms in total. The first-order valence-corrected chi connectivity index (χ1v) is 8.88. The molecule has 1 aromatic carbocycles. The van der Waals surface area contributed by atoms with Gasteiger partial charge in [-0.1, -0.05) is 26.0 Å². The van der Waals surface area contributed by atoms with E-state index in [1.165, 1.54) is 5.69 Å². The fourth-order valence-corrected chi connectivity index (χ4v) is 3.35. The molecule has 5 heteroatoms. The summed E-state index contributed by atoms with van der Waals surface area (Å²) in [7, 11) is 1.68. The molecule has 1 aliphatic rings. The van der Waals surface area contributed by atoms with Gasteiger partial charge in [0.2, 0.25) is 5.91 Å². The average molecular weight is 341 g/mol. The second-order valence-corrected chi connectivity index (χ2v) is 6.97. The summed E-state index contributed by atoms with van der Waals surface area (Å²) in [6, 6.07) is 12.4. The molecule has 1 N–H and O–H groups in total. The Morgan fingerprint density at radius 2 is 2.12 bits per heavy atom. The number of benzene rings is 1. The van der Waals surface area contributed by atoms with Crippen LogP contribution in [0.15, 0.2) is 42.6 Å². The van der Waals surface area contributed by atoms with Crippen molar-refractivity contribution in [1.29, 1.82) is 0 Å². The lowest BCUT2D eigenvalue weighted by molar-refractivity contribution is -0.123. The number of ether oxygens (including phenoxy) is 1. The number of carbonyl (C=O) groups excluding carboxylic acids is 1. The van der Waals surface area contributed by atoms with Crippen LogP contribution in [0.25, 0.3) is 0 Å². The summed E-state index contributed by atoms with van der Waals surface area (Å²) >= 11 is 0. The predicted octanol–water partition coefficient (Wildman–Crippen LogP) is 2.67. The van der Waals surface area contributed by atoms with Crippen molar-refractivity contribution in [2.24, 2.45) is 5.92 Å². The van der Waals surface area contributed by atoms with Crippen molar-refractivity contribution >= 4 is 5.91 Å². The third kappa shape index (κ3) is 4.04. The highest BCUT2D eigenvalue weighted by Gasteiger charge is 2.30. The molecule has 1 aromatic heterocycles. The van der Waals surface area contributed by atoms with Crippen molar-refractivity contribution in [2.45, 2.75) is 26.4 Å². The maximum absolute atomic E-state index is 12.4. The molecule has 1 atom stereocenters. The van der Waals surface area contributed by atoms with Crippen molar-refractivity contribution < 1.29 is 9.53 Å². The number of hydrogen-bond acceptors (Lipinski definition) is 3. The van der Waals surface area contributed by atoms with Crippen LogP contribution < -0.4 is 10.1 Å². The number of amides is 1. The largest absolute Gasteiger partial charge is 0.497 e. The van der Waals surface area contributed by atoms with Crippen LogP contribution in [-0.4, -0.2) is 42.1 Å². The third-order valence-electron chi connectivity index (χ3n) is 4.60. The summed E-state index contributed by atoms with van der Waals surface area (Å²) in [4.78, 5) is 14.6. The fraction of sp³-hybridized carbons (Fsp3) is 0.450. The lowest BCUT2D eigenvalue weighted by Crippen LogP contribution is -2.44. The molecule has 134 valence electrons. The lowest BCUT2D eigenvalue weighted by atomic mass is 9.99. The number of nitrogens with one attached hydrogen (secondary N) is 1. The van der Waals surface area contributed by atoms with Crippen LogP contribution in [0.5, 0.6) is 5.75 Å². The van der Waals surface area contributed by atoms with Gasteiger partial charge in [0.05, 0.1) is 19.7 Å². The summed E-state index contributed by atoms with van der Waals surface area (Å²) in [6.07, 6.45) is 2.11. The highest BCUT2D eigenvalue weighted by Crippen LogP contribution is 2.33. The Balaban J connectivity index is 1.85. The molecule has 0 spiro atoms. The number of methoxy groups -OCH3 is 1. The van der Waals surface area contributed by atoms with E-state index >= 15 is 0 Å². The topological polar surface area (TPSA) is 46.5 Å². The van der Waals surface area contributed by atoms with Crippen molar-refractivity contribution in [3.63, 3.8) is 0 Å². The van der Waals surface area contributed by atoms with E-state index in [0.717, 1.165) is 24.4 Å². The van der Waals surface area contributed by atoms with Gasteiger partial charge in [-0.15, -0.1) is 0 Å². The predicted molar refractivity (Wildman–Crippen MR) is 98.7 cm³/mol. The minimum atomic E-state index is 0.0589. The Labute approximate surface area is 149 Å². The average Bonchev–Trinajstić information content (AvgIpc) is 3.08. The minimum absolute atomic E-state index is 0.0589.